The van der Waals surface area contributed by atoms with Crippen molar-refractivity contribution in [3.63, 3.8) is 0 Å². The van der Waals surface area contributed by atoms with E-state index in [0.717, 1.165) is 11.3 Å². The number of allylic oxidation sites excluding steroid dienone is 1. The minimum absolute atomic E-state index is 0.0234. The SMILES string of the molecule is COC(=O)/C(C)=C/[C@@H]1[C@@H](C(=O)OCc2cccc(OC(C)C)c2)C1(C)C. The molecule has 1 aromatic carbocycles. The minimum atomic E-state index is -0.373. The summed E-state index contributed by atoms with van der Waals surface area (Å²) in [7, 11) is 1.35. The highest BCUT2D eigenvalue weighted by atomic mass is 16.5. The second-order valence-corrected chi connectivity index (χ2v) is 7.59. The molecule has 2 atom stereocenters. The van der Waals surface area contributed by atoms with Crippen LogP contribution in [0.2, 0.25) is 0 Å². The topological polar surface area (TPSA) is 61.8 Å². The van der Waals surface area contributed by atoms with Gasteiger partial charge in [0, 0.05) is 5.57 Å². The standard InChI is InChI=1S/C21H28O5/c1-13(2)26-16-9-7-8-15(11-16)12-25-20(23)18-17(21(18,4)5)10-14(3)19(22)24-6/h7-11,13,17-18H,12H2,1-6H3/b14-10+/t17-,18+/m1/s1. The molecule has 1 aliphatic carbocycles. The van der Waals surface area contributed by atoms with Gasteiger partial charge in [0.25, 0.3) is 0 Å². The average Bonchev–Trinajstić information content (AvgIpc) is 3.11. The van der Waals surface area contributed by atoms with Gasteiger partial charge in [0.15, 0.2) is 0 Å². The summed E-state index contributed by atoms with van der Waals surface area (Å²) in [6.45, 7) is 9.83. The predicted molar refractivity (Wildman–Crippen MR) is 98.5 cm³/mol. The average molecular weight is 360 g/mol. The monoisotopic (exact) mass is 360 g/mol. The maximum Gasteiger partial charge on any atom is 0.333 e. The Morgan fingerprint density at radius 2 is 1.96 bits per heavy atom. The number of esters is 2. The Balaban J connectivity index is 1.97. The molecule has 0 bridgehead atoms. The molecule has 2 rings (SSSR count). The number of carbonyl (C=O) groups excluding carboxylic acids is 2. The summed E-state index contributed by atoms with van der Waals surface area (Å²) in [5, 5.41) is 0. The van der Waals surface area contributed by atoms with Crippen molar-refractivity contribution >= 4 is 11.9 Å². The maximum atomic E-state index is 12.5. The predicted octanol–water partition coefficient (Wildman–Crippen LogP) is 3.91. The zero-order valence-electron chi connectivity index (χ0n) is 16.4. The van der Waals surface area contributed by atoms with Gasteiger partial charge in [-0.3, -0.25) is 4.79 Å². The lowest BCUT2D eigenvalue weighted by molar-refractivity contribution is -0.147. The largest absolute Gasteiger partial charge is 0.491 e. The van der Waals surface area contributed by atoms with Crippen LogP contribution in [0, 0.1) is 17.3 Å². The summed E-state index contributed by atoms with van der Waals surface area (Å²) in [4.78, 5) is 24.1. The van der Waals surface area contributed by atoms with E-state index in [0.29, 0.717) is 5.57 Å². The molecule has 5 heteroatoms. The van der Waals surface area contributed by atoms with Crippen LogP contribution >= 0.6 is 0 Å². The van der Waals surface area contributed by atoms with E-state index in [-0.39, 0.29) is 41.9 Å². The molecule has 1 fully saturated rings. The van der Waals surface area contributed by atoms with Crippen LogP contribution < -0.4 is 4.74 Å². The third kappa shape index (κ3) is 4.65. The van der Waals surface area contributed by atoms with Gasteiger partial charge in [-0.25, -0.2) is 4.79 Å². The summed E-state index contributed by atoms with van der Waals surface area (Å²) < 4.78 is 15.9. The van der Waals surface area contributed by atoms with Gasteiger partial charge in [-0.2, -0.15) is 0 Å². The normalized spacial score (nSPS) is 21.3. The molecule has 0 amide bonds. The smallest absolute Gasteiger partial charge is 0.333 e. The lowest BCUT2D eigenvalue weighted by atomic mass is 10.1. The van der Waals surface area contributed by atoms with Crippen LogP contribution in [0.5, 0.6) is 5.75 Å². The van der Waals surface area contributed by atoms with E-state index in [4.69, 9.17) is 14.2 Å². The van der Waals surface area contributed by atoms with Gasteiger partial charge in [-0.1, -0.05) is 32.1 Å². The summed E-state index contributed by atoms with van der Waals surface area (Å²) in [6, 6.07) is 7.54. The molecule has 0 saturated heterocycles. The molecule has 0 spiro atoms. The van der Waals surface area contributed by atoms with Crippen LogP contribution in [0.25, 0.3) is 0 Å². The molecule has 142 valence electrons. The molecule has 1 aliphatic rings. The second-order valence-electron chi connectivity index (χ2n) is 7.59. The summed E-state index contributed by atoms with van der Waals surface area (Å²) in [5.41, 5.74) is 1.17. The number of carbonyl (C=O) groups is 2. The number of methoxy groups -OCH3 is 1. The Bertz CT molecular complexity index is 702. The molecule has 5 nitrogen and oxygen atoms in total. The Morgan fingerprint density at radius 1 is 1.27 bits per heavy atom. The third-order valence-electron chi connectivity index (χ3n) is 4.75. The van der Waals surface area contributed by atoms with Crippen LogP contribution in [0.3, 0.4) is 0 Å². The second kappa shape index (κ2) is 7.94. The van der Waals surface area contributed by atoms with Crippen LogP contribution in [-0.4, -0.2) is 25.2 Å². The fraction of sp³-hybridized carbons (Fsp3) is 0.524. The molecule has 0 aliphatic heterocycles. The van der Waals surface area contributed by atoms with Gasteiger partial charge in [0.05, 0.1) is 19.1 Å². The van der Waals surface area contributed by atoms with Gasteiger partial charge in [0.1, 0.15) is 12.4 Å². The third-order valence-corrected chi connectivity index (χ3v) is 4.75. The first-order valence-corrected chi connectivity index (χ1v) is 8.85. The van der Waals surface area contributed by atoms with E-state index in [1.54, 1.807) is 6.92 Å². The lowest BCUT2D eigenvalue weighted by Gasteiger charge is -2.11. The lowest BCUT2D eigenvalue weighted by Crippen LogP contribution is -2.11. The van der Waals surface area contributed by atoms with E-state index >= 15 is 0 Å². The van der Waals surface area contributed by atoms with Crippen molar-refractivity contribution in [2.45, 2.75) is 47.3 Å². The summed E-state index contributed by atoms with van der Waals surface area (Å²) >= 11 is 0. The highest BCUT2D eigenvalue weighted by Gasteiger charge is 2.61. The van der Waals surface area contributed by atoms with Crippen LogP contribution in [0.4, 0.5) is 0 Å². The van der Waals surface area contributed by atoms with E-state index in [1.807, 2.05) is 58.0 Å². The summed E-state index contributed by atoms with van der Waals surface area (Å²) in [6.07, 6.45) is 1.90. The molecular weight excluding hydrogens is 332 g/mol. The van der Waals surface area contributed by atoms with Crippen molar-refractivity contribution in [1.29, 1.82) is 0 Å². The van der Waals surface area contributed by atoms with Gasteiger partial charge < -0.3 is 14.2 Å². The van der Waals surface area contributed by atoms with E-state index in [1.165, 1.54) is 7.11 Å². The fourth-order valence-electron chi connectivity index (χ4n) is 3.16. The number of rotatable bonds is 7. The molecule has 0 radical (unpaired) electrons. The number of benzene rings is 1. The first kappa shape index (κ1) is 20.0. The van der Waals surface area contributed by atoms with Gasteiger partial charge in [-0.15, -0.1) is 0 Å². The Morgan fingerprint density at radius 3 is 2.58 bits per heavy atom. The Labute approximate surface area is 155 Å². The number of hydrogen-bond donors (Lipinski definition) is 0. The van der Waals surface area contributed by atoms with Crippen molar-refractivity contribution in [2.24, 2.45) is 17.3 Å². The van der Waals surface area contributed by atoms with Crippen molar-refractivity contribution in [3.8, 4) is 5.75 Å². The van der Waals surface area contributed by atoms with Gasteiger partial charge in [-0.05, 0) is 49.8 Å². The zero-order chi connectivity index (χ0) is 19.5. The van der Waals surface area contributed by atoms with E-state index in [9.17, 15) is 9.59 Å². The molecule has 0 heterocycles. The van der Waals surface area contributed by atoms with Gasteiger partial charge in [0.2, 0.25) is 0 Å². The maximum absolute atomic E-state index is 12.5. The highest BCUT2D eigenvalue weighted by Crippen LogP contribution is 2.59. The first-order valence-electron chi connectivity index (χ1n) is 8.85. The molecule has 26 heavy (non-hydrogen) atoms. The molecule has 0 unspecified atom stereocenters. The minimum Gasteiger partial charge on any atom is -0.491 e. The Kier molecular flexibility index (Phi) is 6.11. The van der Waals surface area contributed by atoms with Crippen LogP contribution in [0.1, 0.15) is 40.2 Å². The van der Waals surface area contributed by atoms with Crippen LogP contribution in [0.15, 0.2) is 35.9 Å². The van der Waals surface area contributed by atoms with Crippen molar-refractivity contribution in [2.75, 3.05) is 7.11 Å². The van der Waals surface area contributed by atoms with Gasteiger partial charge >= 0.3 is 11.9 Å². The molecule has 1 aromatic rings. The fourth-order valence-corrected chi connectivity index (χ4v) is 3.16. The summed E-state index contributed by atoms with van der Waals surface area (Å²) in [5.74, 6) is -0.136. The van der Waals surface area contributed by atoms with Crippen molar-refractivity contribution < 1.29 is 23.8 Å². The van der Waals surface area contributed by atoms with Crippen molar-refractivity contribution in [3.05, 3.63) is 41.5 Å². The Hall–Kier alpha value is -2.30. The quantitative estimate of drug-likeness (QED) is 0.545. The van der Waals surface area contributed by atoms with Crippen molar-refractivity contribution in [1.82, 2.24) is 0 Å². The van der Waals surface area contributed by atoms with Crippen LogP contribution in [-0.2, 0) is 25.7 Å². The van der Waals surface area contributed by atoms with E-state index < -0.39 is 0 Å². The zero-order valence-corrected chi connectivity index (χ0v) is 16.4. The highest BCUT2D eigenvalue weighted by molar-refractivity contribution is 5.88. The molecule has 0 aromatic heterocycles. The number of ether oxygens (including phenoxy) is 3. The number of hydrogen-bond acceptors (Lipinski definition) is 5. The molecular formula is C21H28O5. The first-order chi connectivity index (χ1) is 12.2. The molecule has 1 saturated carbocycles. The molecule has 0 N–H and O–H groups in total. The van der Waals surface area contributed by atoms with E-state index in [2.05, 4.69) is 0 Å².